The van der Waals surface area contributed by atoms with Crippen molar-refractivity contribution >= 4 is 18.0 Å². The van der Waals surface area contributed by atoms with Gasteiger partial charge in [-0.25, -0.2) is 0 Å². The highest BCUT2D eigenvalue weighted by atomic mass is 16.5. The fourth-order valence-corrected chi connectivity index (χ4v) is 2.99. The van der Waals surface area contributed by atoms with Gasteiger partial charge in [-0.15, -0.1) is 0 Å². The molecule has 0 aromatic rings. The van der Waals surface area contributed by atoms with Crippen LogP contribution in [0.25, 0.3) is 0 Å². The lowest BCUT2D eigenvalue weighted by molar-refractivity contribution is -0.144. The van der Waals surface area contributed by atoms with Gasteiger partial charge in [0.05, 0.1) is 0 Å². The topological polar surface area (TPSA) is 60.4 Å². The molecule has 0 aromatic heterocycles. The van der Waals surface area contributed by atoms with Crippen molar-refractivity contribution in [3.8, 4) is 0 Å². The van der Waals surface area contributed by atoms with Crippen molar-refractivity contribution in [2.45, 2.75) is 96.0 Å². The normalized spacial score (nSPS) is 24.5. The Morgan fingerprint density at radius 2 is 1.23 bits per heavy atom. The van der Waals surface area contributed by atoms with Crippen LogP contribution in [0.15, 0.2) is 0 Å². The van der Waals surface area contributed by atoms with Crippen molar-refractivity contribution in [3.05, 3.63) is 0 Å². The van der Waals surface area contributed by atoms with E-state index in [1.165, 1.54) is 25.7 Å². The third kappa shape index (κ3) is 8.96. The zero-order chi connectivity index (χ0) is 16.0. The second-order valence-electron chi connectivity index (χ2n) is 6.30. The summed E-state index contributed by atoms with van der Waals surface area (Å²) in [4.78, 5) is 34.3. The summed E-state index contributed by atoms with van der Waals surface area (Å²) in [7, 11) is 0. The molecular formula is C18H30O4. The molecule has 0 amide bonds. The van der Waals surface area contributed by atoms with E-state index in [1.807, 2.05) is 0 Å². The fourth-order valence-electron chi connectivity index (χ4n) is 2.99. The number of ketones is 2. The highest BCUT2D eigenvalue weighted by Crippen LogP contribution is 2.16. The van der Waals surface area contributed by atoms with Gasteiger partial charge in [0.1, 0.15) is 5.78 Å². The van der Waals surface area contributed by atoms with Gasteiger partial charge in [0.25, 0.3) is 6.47 Å². The van der Waals surface area contributed by atoms with Crippen LogP contribution in [0.4, 0.5) is 0 Å². The van der Waals surface area contributed by atoms with Crippen LogP contribution in [-0.4, -0.2) is 24.1 Å². The molecule has 1 fully saturated rings. The lowest BCUT2D eigenvalue weighted by atomic mass is 10.0. The fraction of sp³-hybridized carbons (Fsp3) is 0.833. The molecule has 0 radical (unpaired) electrons. The van der Waals surface area contributed by atoms with Gasteiger partial charge >= 0.3 is 0 Å². The van der Waals surface area contributed by atoms with Crippen LogP contribution in [0.5, 0.6) is 0 Å². The zero-order valence-corrected chi connectivity index (χ0v) is 13.7. The first-order valence-electron chi connectivity index (χ1n) is 8.87. The molecule has 0 aromatic carbocycles. The quantitative estimate of drug-likeness (QED) is 0.719. The summed E-state index contributed by atoms with van der Waals surface area (Å²) in [6, 6.07) is 0. The minimum absolute atomic E-state index is 0.00358. The summed E-state index contributed by atoms with van der Waals surface area (Å²) in [5.41, 5.74) is 0. The van der Waals surface area contributed by atoms with E-state index in [2.05, 4.69) is 0 Å². The van der Waals surface area contributed by atoms with Crippen LogP contribution >= 0.6 is 0 Å². The molecule has 1 aliphatic rings. The maximum absolute atomic E-state index is 12.1. The van der Waals surface area contributed by atoms with Crippen molar-refractivity contribution in [2.24, 2.45) is 0 Å². The number of carbonyl (C=O) groups is 3. The average Bonchev–Trinajstić information content (AvgIpc) is 2.51. The van der Waals surface area contributed by atoms with Gasteiger partial charge in [-0.2, -0.15) is 0 Å². The number of Topliss-reactive ketones (excluding diaryl/α,β-unsaturated/α-hetero) is 2. The number of rotatable bonds is 2. The molecule has 1 aliphatic carbocycles. The Kier molecular flexibility index (Phi) is 10.6. The maximum Gasteiger partial charge on any atom is 0.293 e. The van der Waals surface area contributed by atoms with E-state index in [9.17, 15) is 14.4 Å². The van der Waals surface area contributed by atoms with E-state index in [1.54, 1.807) is 0 Å². The largest absolute Gasteiger partial charge is 0.457 e. The van der Waals surface area contributed by atoms with Crippen molar-refractivity contribution in [1.82, 2.24) is 0 Å². The molecule has 1 unspecified atom stereocenters. The summed E-state index contributed by atoms with van der Waals surface area (Å²) < 4.78 is 4.94. The molecule has 1 atom stereocenters. The molecule has 4 heteroatoms. The molecular weight excluding hydrogens is 280 g/mol. The first-order valence-corrected chi connectivity index (χ1v) is 8.87. The van der Waals surface area contributed by atoms with E-state index in [0.29, 0.717) is 44.4 Å². The molecule has 126 valence electrons. The second-order valence-corrected chi connectivity index (χ2v) is 6.30. The predicted molar refractivity (Wildman–Crippen MR) is 85.6 cm³/mol. The molecule has 0 bridgehead atoms. The monoisotopic (exact) mass is 310 g/mol. The second kappa shape index (κ2) is 12.4. The van der Waals surface area contributed by atoms with Gasteiger partial charge in [0, 0.05) is 19.3 Å². The Labute approximate surface area is 134 Å². The minimum Gasteiger partial charge on any atom is -0.457 e. The van der Waals surface area contributed by atoms with Crippen molar-refractivity contribution < 1.29 is 19.1 Å². The smallest absolute Gasteiger partial charge is 0.293 e. The van der Waals surface area contributed by atoms with Crippen LogP contribution in [0.2, 0.25) is 0 Å². The van der Waals surface area contributed by atoms with Crippen molar-refractivity contribution in [2.75, 3.05) is 0 Å². The van der Waals surface area contributed by atoms with Crippen LogP contribution in [-0.2, 0) is 19.1 Å². The maximum atomic E-state index is 12.1. The Balaban J connectivity index is 2.42. The van der Waals surface area contributed by atoms with E-state index < -0.39 is 6.10 Å². The SMILES string of the molecule is O=COC1CCCCCCCCCCC(=O)CCCCC1=O. The van der Waals surface area contributed by atoms with Crippen LogP contribution in [0.3, 0.4) is 0 Å². The average molecular weight is 310 g/mol. The summed E-state index contributed by atoms with van der Waals surface area (Å²) in [6.45, 7) is 0.384. The van der Waals surface area contributed by atoms with E-state index in [-0.39, 0.29) is 5.78 Å². The van der Waals surface area contributed by atoms with Crippen molar-refractivity contribution in [1.29, 1.82) is 0 Å². The third-order valence-electron chi connectivity index (χ3n) is 4.38. The number of carbonyl (C=O) groups excluding carboxylic acids is 3. The summed E-state index contributed by atoms with van der Waals surface area (Å²) in [5, 5.41) is 0. The van der Waals surface area contributed by atoms with Gasteiger partial charge in [-0.1, -0.05) is 38.5 Å². The van der Waals surface area contributed by atoms with Gasteiger partial charge in [0.2, 0.25) is 0 Å². The molecule has 22 heavy (non-hydrogen) atoms. The molecule has 0 heterocycles. The number of hydrogen-bond donors (Lipinski definition) is 0. The Morgan fingerprint density at radius 1 is 0.727 bits per heavy atom. The molecule has 1 saturated carbocycles. The molecule has 0 N–H and O–H groups in total. The van der Waals surface area contributed by atoms with Crippen LogP contribution in [0.1, 0.15) is 89.9 Å². The first kappa shape index (κ1) is 18.9. The summed E-state index contributed by atoms with van der Waals surface area (Å²) in [6.07, 6.45) is 12.2. The minimum atomic E-state index is -0.580. The molecule has 0 saturated heterocycles. The number of ether oxygens (including phenoxy) is 1. The van der Waals surface area contributed by atoms with E-state index in [0.717, 1.165) is 32.1 Å². The predicted octanol–water partition coefficient (Wildman–Crippen LogP) is 4.14. The van der Waals surface area contributed by atoms with Crippen LogP contribution in [0, 0.1) is 0 Å². The van der Waals surface area contributed by atoms with E-state index in [4.69, 9.17) is 4.74 Å². The number of hydrogen-bond acceptors (Lipinski definition) is 4. The first-order chi connectivity index (χ1) is 10.7. The Bertz CT molecular complexity index is 338. The lowest BCUT2D eigenvalue weighted by Gasteiger charge is -2.13. The van der Waals surface area contributed by atoms with Gasteiger partial charge in [-0.05, 0) is 32.1 Å². The highest BCUT2D eigenvalue weighted by Gasteiger charge is 2.18. The Hall–Kier alpha value is -1.19. The van der Waals surface area contributed by atoms with Crippen LogP contribution < -0.4 is 0 Å². The molecule has 1 rings (SSSR count). The van der Waals surface area contributed by atoms with Gasteiger partial charge in [0.15, 0.2) is 11.9 Å². The van der Waals surface area contributed by atoms with Gasteiger partial charge < -0.3 is 4.74 Å². The standard InChI is InChI=1S/C18H30O4/c19-15-22-18-14-8-6-4-2-1-3-5-7-11-16(20)12-9-10-13-17(18)21/h15,18H,1-14H2. The molecule has 4 nitrogen and oxygen atoms in total. The third-order valence-corrected chi connectivity index (χ3v) is 4.38. The molecule has 0 spiro atoms. The highest BCUT2D eigenvalue weighted by molar-refractivity contribution is 5.84. The van der Waals surface area contributed by atoms with E-state index >= 15 is 0 Å². The van der Waals surface area contributed by atoms with Crippen molar-refractivity contribution in [3.63, 3.8) is 0 Å². The zero-order valence-electron chi connectivity index (χ0n) is 13.7. The Morgan fingerprint density at radius 3 is 1.86 bits per heavy atom. The summed E-state index contributed by atoms with van der Waals surface area (Å²) in [5.74, 6) is 0.321. The lowest BCUT2D eigenvalue weighted by Crippen LogP contribution is -2.23. The summed E-state index contributed by atoms with van der Waals surface area (Å²) >= 11 is 0. The molecule has 0 aliphatic heterocycles. The van der Waals surface area contributed by atoms with Gasteiger partial charge in [-0.3, -0.25) is 14.4 Å².